The lowest BCUT2D eigenvalue weighted by Gasteiger charge is -2.54. The summed E-state index contributed by atoms with van der Waals surface area (Å²) >= 11 is 1.58. The van der Waals surface area contributed by atoms with E-state index in [2.05, 4.69) is 22.4 Å². The van der Waals surface area contributed by atoms with Gasteiger partial charge >= 0.3 is 0 Å². The first-order valence-corrected chi connectivity index (χ1v) is 16.3. The molecule has 240 valence electrons. The molecule has 4 aromatic rings. The Morgan fingerprint density at radius 2 is 1.60 bits per heavy atom. The molecule has 1 aliphatic rings. The van der Waals surface area contributed by atoms with Crippen LogP contribution in [0, 0.1) is 11.7 Å². The molecule has 1 saturated heterocycles. The zero-order valence-electron chi connectivity index (χ0n) is 25.2. The van der Waals surface area contributed by atoms with Crippen molar-refractivity contribution in [1.29, 1.82) is 0 Å². The minimum atomic E-state index is -1.52. The second kappa shape index (κ2) is 15.3. The number of halogens is 1. The number of rotatable bonds is 16. The van der Waals surface area contributed by atoms with E-state index in [0.29, 0.717) is 24.8 Å². The highest BCUT2D eigenvalue weighted by molar-refractivity contribution is 7.13. The highest BCUT2D eigenvalue weighted by Crippen LogP contribution is 2.49. The smallest absolute Gasteiger partial charge is 0.182 e. The van der Waals surface area contributed by atoms with Gasteiger partial charge in [-0.05, 0) is 85.0 Å². The number of aliphatic hydroxyl groups is 5. The van der Waals surface area contributed by atoms with Gasteiger partial charge in [-0.1, -0.05) is 48.5 Å². The van der Waals surface area contributed by atoms with Crippen molar-refractivity contribution in [3.05, 3.63) is 112 Å². The Hall–Kier alpha value is -3.38. The average Bonchev–Trinajstić information content (AvgIpc) is 3.59. The highest BCUT2D eigenvalue weighted by Gasteiger charge is 2.48. The van der Waals surface area contributed by atoms with E-state index in [1.165, 1.54) is 17.7 Å². The van der Waals surface area contributed by atoms with Crippen molar-refractivity contribution in [2.45, 2.75) is 62.5 Å². The molecule has 0 aliphatic carbocycles. The summed E-state index contributed by atoms with van der Waals surface area (Å²) in [7, 11) is 0. The van der Waals surface area contributed by atoms with Crippen LogP contribution in [0.15, 0.2) is 84.4 Å². The number of aliphatic hydroxyl groups excluding tert-OH is 4. The van der Waals surface area contributed by atoms with Gasteiger partial charge in [0.2, 0.25) is 0 Å². The summed E-state index contributed by atoms with van der Waals surface area (Å²) in [6, 6.07) is 22.0. The zero-order chi connectivity index (χ0) is 31.8. The van der Waals surface area contributed by atoms with Crippen LogP contribution in [0.2, 0.25) is 0 Å². The van der Waals surface area contributed by atoms with Crippen LogP contribution < -0.4 is 10.2 Å². The summed E-state index contributed by atoms with van der Waals surface area (Å²) < 4.78 is 13.4. The summed E-state index contributed by atoms with van der Waals surface area (Å²) in [5, 5.41) is 57.5. The Bertz CT molecular complexity index is 1450. The van der Waals surface area contributed by atoms with Crippen LogP contribution in [-0.4, -0.2) is 62.1 Å². The molecule has 6 N–H and O–H groups in total. The first-order valence-electron chi connectivity index (χ1n) is 15.5. The molecule has 2 heterocycles. The van der Waals surface area contributed by atoms with E-state index in [1.54, 1.807) is 29.7 Å². The maximum absolute atomic E-state index is 13.4. The van der Waals surface area contributed by atoms with Crippen molar-refractivity contribution >= 4 is 22.2 Å². The monoisotopic (exact) mass is 635 g/mol. The molecule has 0 spiro atoms. The maximum Gasteiger partial charge on any atom is 0.182 e. The number of benzene rings is 3. The lowest BCUT2D eigenvalue weighted by molar-refractivity contribution is -0.0599. The van der Waals surface area contributed by atoms with E-state index >= 15 is 0 Å². The van der Waals surface area contributed by atoms with Gasteiger partial charge in [0.25, 0.3) is 0 Å². The molecule has 45 heavy (non-hydrogen) atoms. The van der Waals surface area contributed by atoms with Crippen molar-refractivity contribution < 1.29 is 29.9 Å². The molecule has 0 saturated carbocycles. The topological polar surface area (TPSA) is 129 Å². The van der Waals surface area contributed by atoms with Crippen molar-refractivity contribution in [2.24, 2.45) is 5.92 Å². The summed E-state index contributed by atoms with van der Waals surface area (Å²) in [5.41, 5.74) is 3.22. The van der Waals surface area contributed by atoms with Crippen molar-refractivity contribution in [1.82, 2.24) is 4.98 Å². The molecule has 4 atom stereocenters. The lowest BCUT2D eigenvalue weighted by atomic mass is 9.77. The maximum atomic E-state index is 13.4. The molecule has 10 heteroatoms. The number of hydrogen-bond donors (Lipinski definition) is 6. The second-order valence-corrected chi connectivity index (χ2v) is 12.8. The van der Waals surface area contributed by atoms with Crippen LogP contribution in [-0.2, 0) is 12.8 Å². The van der Waals surface area contributed by atoms with Gasteiger partial charge in [-0.2, -0.15) is 0 Å². The van der Waals surface area contributed by atoms with Gasteiger partial charge in [0, 0.05) is 29.7 Å². The number of anilines is 2. The summed E-state index contributed by atoms with van der Waals surface area (Å²) in [6.07, 6.45) is 3.85. The summed E-state index contributed by atoms with van der Waals surface area (Å²) in [6.45, 7) is -0.183. The first kappa shape index (κ1) is 33.0. The average molecular weight is 636 g/mol. The fraction of sp³-hybridized carbons (Fsp3) is 0.400. The van der Waals surface area contributed by atoms with E-state index in [9.17, 15) is 29.9 Å². The van der Waals surface area contributed by atoms with E-state index in [1.807, 2.05) is 46.7 Å². The molecular formula is C35H42FN3O5S. The SMILES string of the molecule is OCC(O)(CO)CCc1ccc([C@@H]2[C@@H](CC[C@H](O)c3ccc(F)cc3)C(O)N2c2ccc(CCCNc3nccs3)cc2)cc1. The molecule has 3 aromatic carbocycles. The predicted octanol–water partition coefficient (Wildman–Crippen LogP) is 4.98. The van der Waals surface area contributed by atoms with E-state index in [0.717, 1.165) is 41.3 Å². The quantitative estimate of drug-likeness (QED) is 0.0952. The molecule has 5 rings (SSSR count). The Labute approximate surface area is 267 Å². The van der Waals surface area contributed by atoms with Gasteiger partial charge in [-0.25, -0.2) is 9.37 Å². The molecule has 1 aromatic heterocycles. The van der Waals surface area contributed by atoms with Crippen LogP contribution in [0.4, 0.5) is 15.2 Å². The number of aromatic nitrogens is 1. The molecule has 8 nitrogen and oxygen atoms in total. The number of thiazole rings is 1. The van der Waals surface area contributed by atoms with Gasteiger partial charge in [0.05, 0.1) is 25.4 Å². The molecule has 1 aliphatic heterocycles. The van der Waals surface area contributed by atoms with Gasteiger partial charge < -0.3 is 35.7 Å². The normalized spacial score (nSPS) is 18.9. The van der Waals surface area contributed by atoms with Gasteiger partial charge in [0.15, 0.2) is 5.13 Å². The Kier molecular flexibility index (Phi) is 11.2. The molecule has 0 bridgehead atoms. The number of hydrogen-bond acceptors (Lipinski definition) is 9. The van der Waals surface area contributed by atoms with Gasteiger partial charge in [-0.15, -0.1) is 11.3 Å². The molecule has 1 unspecified atom stereocenters. The van der Waals surface area contributed by atoms with Crippen molar-refractivity contribution in [3.63, 3.8) is 0 Å². The van der Waals surface area contributed by atoms with Crippen molar-refractivity contribution in [2.75, 3.05) is 30.0 Å². The number of nitrogens with one attached hydrogen (secondary N) is 1. The van der Waals surface area contributed by atoms with Crippen LogP contribution in [0.1, 0.15) is 60.1 Å². The molecule has 0 radical (unpaired) electrons. The Morgan fingerprint density at radius 1 is 0.933 bits per heavy atom. The van der Waals surface area contributed by atoms with Crippen LogP contribution >= 0.6 is 11.3 Å². The number of aryl methyl sites for hydroxylation is 2. The third kappa shape index (κ3) is 8.26. The van der Waals surface area contributed by atoms with E-state index in [4.69, 9.17) is 0 Å². The van der Waals surface area contributed by atoms with Gasteiger partial charge in [0.1, 0.15) is 17.6 Å². The Balaban J connectivity index is 1.27. The fourth-order valence-electron chi connectivity index (χ4n) is 5.97. The lowest BCUT2D eigenvalue weighted by Crippen LogP contribution is -2.58. The first-order chi connectivity index (χ1) is 21.8. The summed E-state index contributed by atoms with van der Waals surface area (Å²) in [5.74, 6) is -0.494. The minimum Gasteiger partial charge on any atom is -0.393 e. The standard InChI is InChI=1S/C35H42FN3O5S/c36-28-11-9-26(10-12-28)31(42)16-15-30-32(27-7-3-25(4-8-27)17-18-35(44,22-40)23-41)39(33(30)43)29-13-5-24(6-14-29)2-1-19-37-34-38-20-21-45-34/h3-14,20-21,30-33,40-44H,1-2,15-19,22-23H2,(H,37,38)/t30-,31+,32-,33?/m1/s1. The van der Waals surface area contributed by atoms with Crippen LogP contribution in [0.3, 0.4) is 0 Å². The Morgan fingerprint density at radius 3 is 2.24 bits per heavy atom. The third-order valence-electron chi connectivity index (χ3n) is 8.78. The minimum absolute atomic E-state index is 0.130. The fourth-order valence-corrected chi connectivity index (χ4v) is 6.53. The van der Waals surface area contributed by atoms with E-state index < -0.39 is 31.1 Å². The van der Waals surface area contributed by atoms with E-state index in [-0.39, 0.29) is 24.2 Å². The van der Waals surface area contributed by atoms with Crippen molar-refractivity contribution in [3.8, 4) is 0 Å². The second-order valence-electron chi connectivity index (χ2n) is 11.9. The van der Waals surface area contributed by atoms with Gasteiger partial charge in [-0.3, -0.25) is 0 Å². The van der Waals surface area contributed by atoms with Crippen LogP contribution in [0.25, 0.3) is 0 Å². The third-order valence-corrected chi connectivity index (χ3v) is 9.51. The highest BCUT2D eigenvalue weighted by atomic mass is 32.1. The number of nitrogens with zero attached hydrogens (tertiary/aromatic N) is 2. The van der Waals surface area contributed by atoms with Crippen LogP contribution in [0.5, 0.6) is 0 Å². The molecule has 1 fully saturated rings. The molecular weight excluding hydrogens is 593 g/mol. The predicted molar refractivity (Wildman–Crippen MR) is 175 cm³/mol. The zero-order valence-corrected chi connectivity index (χ0v) is 26.0. The largest absolute Gasteiger partial charge is 0.393 e. The molecule has 0 amide bonds. The summed E-state index contributed by atoms with van der Waals surface area (Å²) in [4.78, 5) is 6.26.